The number of phenolic OH excluding ortho intramolecular Hbond substituents is 2. The van der Waals surface area contributed by atoms with E-state index in [1.165, 1.54) is 7.11 Å². The van der Waals surface area contributed by atoms with Crippen molar-refractivity contribution < 1.29 is 30.0 Å². The molecule has 5 N–H and O–H groups in total. The maximum absolute atomic E-state index is 11.5. The maximum atomic E-state index is 11.5. The molecule has 0 radical (unpaired) electrons. The summed E-state index contributed by atoms with van der Waals surface area (Å²) in [5, 5.41) is 45.7. The van der Waals surface area contributed by atoms with Gasteiger partial charge in [0.05, 0.1) is 19.3 Å². The van der Waals surface area contributed by atoms with Crippen molar-refractivity contribution in [2.24, 2.45) is 0 Å². The van der Waals surface area contributed by atoms with Gasteiger partial charge in [-0.15, -0.1) is 0 Å². The van der Waals surface area contributed by atoms with Gasteiger partial charge in [0, 0.05) is 18.0 Å². The zero-order valence-corrected chi connectivity index (χ0v) is 23.0. The van der Waals surface area contributed by atoms with Crippen molar-refractivity contribution in [2.75, 3.05) is 12.4 Å². The van der Waals surface area contributed by atoms with Crippen molar-refractivity contribution in [1.29, 1.82) is 0 Å². The molecule has 0 saturated carbocycles. The molecule has 7 heteroatoms. The molecule has 0 fully saturated rings. The van der Waals surface area contributed by atoms with E-state index in [9.17, 15) is 25.2 Å². The zero-order chi connectivity index (χ0) is 27.8. The van der Waals surface area contributed by atoms with Gasteiger partial charge in [0.25, 0.3) is 0 Å². The van der Waals surface area contributed by atoms with Crippen molar-refractivity contribution in [3.05, 3.63) is 54.1 Å². The molecule has 2 rings (SSSR count). The minimum absolute atomic E-state index is 0.166. The van der Waals surface area contributed by atoms with Crippen molar-refractivity contribution in [3.8, 4) is 11.5 Å². The topological polar surface area (TPSA) is 119 Å². The molecule has 2 aromatic rings. The number of carbonyl (C=O) groups excluding carboxylic acids is 1. The lowest BCUT2D eigenvalue weighted by atomic mass is 9.83. The Morgan fingerprint density at radius 2 is 1.32 bits per heavy atom. The number of aromatic hydroxyl groups is 2. The van der Waals surface area contributed by atoms with Crippen LogP contribution in [0.1, 0.15) is 95.5 Å². The minimum atomic E-state index is -1.02. The molecule has 0 bridgehead atoms. The second-order valence-electron chi connectivity index (χ2n) is 10.2. The summed E-state index contributed by atoms with van der Waals surface area (Å²) in [6.07, 6.45) is 8.64. The molecule has 0 heterocycles. The number of hydrogen-bond acceptors (Lipinski definition) is 7. The number of rotatable bonds is 19. The molecular weight excluding hydrogens is 482 g/mol. The van der Waals surface area contributed by atoms with Crippen LogP contribution in [0.3, 0.4) is 0 Å². The molecular formula is C31H47NO6. The molecule has 0 aromatic heterocycles. The van der Waals surface area contributed by atoms with Gasteiger partial charge >= 0.3 is 5.97 Å². The quantitative estimate of drug-likeness (QED) is 0.0828. The largest absolute Gasteiger partial charge is 0.508 e. The number of esters is 1. The van der Waals surface area contributed by atoms with Gasteiger partial charge in [-0.3, -0.25) is 4.79 Å². The summed E-state index contributed by atoms with van der Waals surface area (Å²) < 4.78 is 4.69. The van der Waals surface area contributed by atoms with Gasteiger partial charge in [0.2, 0.25) is 0 Å². The summed E-state index contributed by atoms with van der Waals surface area (Å²) in [5.41, 5.74) is 1.67. The van der Waals surface area contributed by atoms with Crippen LogP contribution in [0.5, 0.6) is 11.5 Å². The first-order chi connectivity index (χ1) is 18.3. The predicted octanol–water partition coefficient (Wildman–Crippen LogP) is 6.26. The molecule has 4 unspecified atom stereocenters. The Kier molecular flexibility index (Phi) is 14.6. The lowest BCUT2D eigenvalue weighted by molar-refractivity contribution is -0.140. The van der Waals surface area contributed by atoms with Crippen molar-refractivity contribution >= 4 is 11.7 Å². The van der Waals surface area contributed by atoms with E-state index in [2.05, 4.69) is 17.0 Å². The Morgan fingerprint density at radius 3 is 1.95 bits per heavy atom. The van der Waals surface area contributed by atoms with Crippen molar-refractivity contribution in [1.82, 2.24) is 0 Å². The summed E-state index contributed by atoms with van der Waals surface area (Å²) in [6.45, 7) is 2.16. The van der Waals surface area contributed by atoms with Crippen LogP contribution < -0.4 is 5.32 Å². The summed E-state index contributed by atoms with van der Waals surface area (Å²) in [4.78, 5) is 11.3. The summed E-state index contributed by atoms with van der Waals surface area (Å²) in [5.74, 6) is -0.103. The standard InChI is InChI=1S/C31H47NO6/c1-3-4-5-9-12-27(23-15-19-25(33)20-16-23)30(36)31(37)28(32-24-17-21-26(34)22-18-24)13-10-7-6-8-11-14-29(35)38-2/h15-22,27-28,30-34,36-37H,3-14H2,1-2H3. The highest BCUT2D eigenvalue weighted by atomic mass is 16.5. The van der Waals surface area contributed by atoms with Gasteiger partial charge in [-0.25, -0.2) is 0 Å². The average Bonchev–Trinajstić information content (AvgIpc) is 2.92. The third-order valence-electron chi connectivity index (χ3n) is 7.21. The van der Waals surface area contributed by atoms with Crippen LogP contribution in [-0.2, 0) is 9.53 Å². The highest BCUT2D eigenvalue weighted by Crippen LogP contribution is 2.31. The smallest absolute Gasteiger partial charge is 0.305 e. The Morgan fingerprint density at radius 1 is 0.763 bits per heavy atom. The van der Waals surface area contributed by atoms with Gasteiger partial charge in [-0.05, 0) is 61.2 Å². The number of methoxy groups -OCH3 is 1. The van der Waals surface area contributed by atoms with E-state index >= 15 is 0 Å². The number of hydrogen-bond donors (Lipinski definition) is 5. The van der Waals surface area contributed by atoms with E-state index in [0.29, 0.717) is 12.8 Å². The molecule has 2 aromatic carbocycles. The van der Waals surface area contributed by atoms with E-state index in [0.717, 1.165) is 75.5 Å². The zero-order valence-electron chi connectivity index (χ0n) is 23.0. The highest BCUT2D eigenvalue weighted by Gasteiger charge is 2.33. The van der Waals surface area contributed by atoms with Crippen LogP contribution >= 0.6 is 0 Å². The molecule has 4 atom stereocenters. The fraction of sp³-hybridized carbons (Fsp3) is 0.581. The number of anilines is 1. The van der Waals surface area contributed by atoms with E-state index < -0.39 is 12.2 Å². The summed E-state index contributed by atoms with van der Waals surface area (Å²) in [7, 11) is 1.40. The Hall–Kier alpha value is -2.77. The number of aliphatic hydroxyl groups is 2. The SMILES string of the molecule is CCCCCCC(c1ccc(O)cc1)C(O)C(O)C(CCCCCCCC(=O)OC)Nc1ccc(O)cc1. The van der Waals surface area contributed by atoms with E-state index in [-0.39, 0.29) is 29.4 Å². The Labute approximate surface area is 227 Å². The highest BCUT2D eigenvalue weighted by molar-refractivity contribution is 5.68. The number of nitrogens with one attached hydrogen (secondary N) is 1. The van der Waals surface area contributed by atoms with Crippen LogP contribution in [0.4, 0.5) is 5.69 Å². The molecule has 0 spiro atoms. The number of aliphatic hydroxyl groups excluding tert-OH is 2. The van der Waals surface area contributed by atoms with Crippen molar-refractivity contribution in [3.63, 3.8) is 0 Å². The van der Waals surface area contributed by atoms with Gasteiger partial charge in [0.1, 0.15) is 17.6 Å². The summed E-state index contributed by atoms with van der Waals surface area (Å²) >= 11 is 0. The number of benzene rings is 2. The number of unbranched alkanes of at least 4 members (excludes halogenated alkanes) is 7. The lowest BCUT2D eigenvalue weighted by Gasteiger charge is -2.33. The first kappa shape index (κ1) is 31.4. The van der Waals surface area contributed by atoms with Gasteiger partial charge in [0.15, 0.2) is 0 Å². The van der Waals surface area contributed by atoms with Crippen LogP contribution in [0, 0.1) is 0 Å². The van der Waals surface area contributed by atoms with Crippen LogP contribution in [0.25, 0.3) is 0 Å². The van der Waals surface area contributed by atoms with Gasteiger partial charge < -0.3 is 30.5 Å². The minimum Gasteiger partial charge on any atom is -0.508 e. The number of phenols is 2. The third kappa shape index (κ3) is 11.3. The maximum Gasteiger partial charge on any atom is 0.305 e. The second kappa shape index (κ2) is 17.7. The Balaban J connectivity index is 2.08. The normalized spacial score (nSPS) is 14.4. The molecule has 38 heavy (non-hydrogen) atoms. The summed E-state index contributed by atoms with van der Waals surface area (Å²) in [6, 6.07) is 13.2. The van der Waals surface area contributed by atoms with Gasteiger partial charge in [-0.1, -0.05) is 70.4 Å². The third-order valence-corrected chi connectivity index (χ3v) is 7.21. The predicted molar refractivity (Wildman–Crippen MR) is 151 cm³/mol. The Bertz CT molecular complexity index is 902. The monoisotopic (exact) mass is 529 g/mol. The van der Waals surface area contributed by atoms with Crippen LogP contribution in [0.2, 0.25) is 0 Å². The van der Waals surface area contributed by atoms with E-state index in [1.54, 1.807) is 36.4 Å². The molecule has 0 aliphatic heterocycles. The van der Waals surface area contributed by atoms with Gasteiger partial charge in [-0.2, -0.15) is 0 Å². The first-order valence-electron chi connectivity index (χ1n) is 14.1. The van der Waals surface area contributed by atoms with Crippen LogP contribution in [-0.4, -0.2) is 51.8 Å². The van der Waals surface area contributed by atoms with E-state index in [4.69, 9.17) is 0 Å². The van der Waals surface area contributed by atoms with E-state index in [1.807, 2.05) is 12.1 Å². The number of carbonyl (C=O) groups is 1. The average molecular weight is 530 g/mol. The lowest BCUT2D eigenvalue weighted by Crippen LogP contribution is -2.45. The fourth-order valence-electron chi connectivity index (χ4n) is 4.89. The molecule has 0 aliphatic rings. The fourth-order valence-corrected chi connectivity index (χ4v) is 4.89. The molecule has 0 aliphatic carbocycles. The molecule has 0 amide bonds. The molecule has 0 saturated heterocycles. The first-order valence-corrected chi connectivity index (χ1v) is 14.1. The second-order valence-corrected chi connectivity index (χ2v) is 10.2. The molecule has 212 valence electrons. The van der Waals surface area contributed by atoms with Crippen LogP contribution in [0.15, 0.2) is 48.5 Å². The van der Waals surface area contributed by atoms with Crippen molar-refractivity contribution in [2.45, 2.75) is 108 Å². The molecule has 7 nitrogen and oxygen atoms in total. The number of ether oxygens (including phenoxy) is 1.